The number of ketones is 1. The molecule has 0 heterocycles. The number of rotatable bonds is 19. The van der Waals surface area contributed by atoms with E-state index in [1.54, 1.807) is 36.4 Å². The standard InChI is InChI=1S/C18H30ClNO3Si.C15H26ClNO2Si.C14H23BrClNO2Si.C6H5BrClNO.C6H4ClNO3.C6H6ClNO.CH4/c1-13-9-16(19)17(11-14(13)10-15(21)12-20)22-7-8-23-24(5,6)18(2,3)4;1-11-9-12(16)14(10-13(11)17)18-7-8-19-20(5,6)15(2,3)4;1-14(2,3)20(4,5)19-7-6-18-13-9-12(17)10(15)8-11(13)16;7-3-1-4(8)6(10)2-5(3)9;7-5-2-1-4(8(10)11)3-6(5)9;7-5-2-1-4(8)3-6(5)9;/h9,11H,7-8,10,12,20H2,1-6H3;9-10H,7-8,17H2,1-6H3;8-9H,6-7,17H2,1-5H3;1-2,10H,9H2;1-3,9H;1-3,9H,8H2;1H4. The zero-order valence-corrected chi connectivity index (χ0v) is 67.3. The fourth-order valence-corrected chi connectivity index (χ4v) is 11.6. The average Bonchev–Trinajstić information content (AvgIpc) is 0.886. The van der Waals surface area contributed by atoms with Crippen molar-refractivity contribution in [3.8, 4) is 34.5 Å². The van der Waals surface area contributed by atoms with E-state index in [1.807, 2.05) is 32.0 Å². The van der Waals surface area contributed by atoms with Crippen LogP contribution in [0.25, 0.3) is 0 Å². The van der Waals surface area contributed by atoms with Gasteiger partial charge in [-0.05, 0) is 165 Å². The van der Waals surface area contributed by atoms with Gasteiger partial charge >= 0.3 is 0 Å². The number of benzene rings is 6. The second kappa shape index (κ2) is 40.6. The van der Waals surface area contributed by atoms with Gasteiger partial charge in [-0.15, -0.1) is 0 Å². The lowest BCUT2D eigenvalue weighted by Gasteiger charge is -2.36. The minimum atomic E-state index is -1.77. The molecule has 0 fully saturated rings. The third kappa shape index (κ3) is 32.0. The smallest absolute Gasteiger partial charge is 0.273 e. The molecule has 0 aromatic heterocycles. The van der Waals surface area contributed by atoms with Gasteiger partial charge < -0.3 is 71.5 Å². The number of Topliss-reactive ketones (excluding diaryl/α,β-unsaturated/α-hetero) is 1. The van der Waals surface area contributed by atoms with Gasteiger partial charge in [0.2, 0.25) is 0 Å². The Hall–Kier alpha value is -4.42. The molecule has 532 valence electrons. The van der Waals surface area contributed by atoms with Crippen molar-refractivity contribution in [3.63, 3.8) is 0 Å². The van der Waals surface area contributed by atoms with Crippen LogP contribution in [0.5, 0.6) is 34.5 Å². The number of phenolic OH excluding ortho intramolecular Hbond substituents is 3. The van der Waals surface area contributed by atoms with Crippen molar-refractivity contribution in [1.29, 1.82) is 0 Å². The highest BCUT2D eigenvalue weighted by atomic mass is 79.9. The van der Waals surface area contributed by atoms with Crippen LogP contribution in [-0.2, 0) is 24.5 Å². The van der Waals surface area contributed by atoms with Crippen LogP contribution in [0.3, 0.4) is 0 Å². The number of nitrogen functional groups attached to an aromatic ring is 4. The summed E-state index contributed by atoms with van der Waals surface area (Å²) in [4.78, 5) is 21.1. The maximum Gasteiger partial charge on any atom is 0.273 e. The molecule has 0 saturated heterocycles. The van der Waals surface area contributed by atoms with E-state index in [2.05, 4.69) is 133 Å². The normalized spacial score (nSPS) is 11.4. The second-order valence-electron chi connectivity index (χ2n) is 25.9. The Labute approximate surface area is 612 Å². The van der Waals surface area contributed by atoms with Gasteiger partial charge in [-0.2, -0.15) is 0 Å². The summed E-state index contributed by atoms with van der Waals surface area (Å²) < 4.78 is 36.7. The number of aryl methyl sites for hydroxylation is 2. The van der Waals surface area contributed by atoms with Crippen LogP contribution >= 0.6 is 101 Å². The summed E-state index contributed by atoms with van der Waals surface area (Å²) in [6.07, 6.45) is 0.302. The van der Waals surface area contributed by atoms with Crippen LogP contribution in [0.4, 0.5) is 28.4 Å². The molecule has 0 aliphatic rings. The van der Waals surface area contributed by atoms with Crippen molar-refractivity contribution < 1.29 is 52.5 Å². The van der Waals surface area contributed by atoms with Gasteiger partial charge in [-0.3, -0.25) is 14.9 Å². The van der Waals surface area contributed by atoms with Gasteiger partial charge in [0.15, 0.2) is 30.7 Å². The maximum absolute atomic E-state index is 11.6. The van der Waals surface area contributed by atoms with Crippen LogP contribution in [0.2, 0.25) is 84.5 Å². The number of halogens is 8. The number of hydrogen-bond donors (Lipinski definition) is 8. The zero-order chi connectivity index (χ0) is 72.7. The number of non-ortho nitro benzene ring substituents is 1. The molecule has 0 saturated carbocycles. The molecule has 6 rings (SSSR count). The summed E-state index contributed by atoms with van der Waals surface area (Å²) in [5, 5.41) is 39.9. The molecule has 0 aliphatic carbocycles. The first-order valence-corrected chi connectivity index (χ1v) is 42.0. The number of nitrogens with two attached hydrogens (primary N) is 5. The van der Waals surface area contributed by atoms with E-state index < -0.39 is 29.9 Å². The SMILES string of the molecule is C.CC(C)(C)[Si](C)(C)OCCOc1cc(N)c(Br)cc1Cl.Cc1cc(Cl)c(OCCO[Si](C)(C)C(C)(C)C)cc1CC(=O)CN.Cc1cc(Cl)c(OCCO[Si](C)(C)C(C)(C)C)cc1N.Nc1cc(O)c(Cl)cc1Br.Nc1ccc(Cl)c(O)c1.O=[N+]([O-])c1ccc(Cl)c(O)c1. The quantitative estimate of drug-likeness (QED) is 0.0123. The van der Waals surface area contributed by atoms with Gasteiger partial charge in [-0.25, -0.2) is 0 Å². The Bertz CT molecular complexity index is 3310. The Morgan fingerprint density at radius 3 is 1.21 bits per heavy atom. The molecule has 0 bridgehead atoms. The van der Waals surface area contributed by atoms with Gasteiger partial charge in [-0.1, -0.05) is 139 Å². The molecule has 18 nitrogen and oxygen atoms in total. The molecule has 29 heteroatoms. The lowest BCUT2D eigenvalue weighted by molar-refractivity contribution is -0.384. The fourth-order valence-electron chi connectivity index (χ4n) is 6.41. The lowest BCUT2D eigenvalue weighted by Crippen LogP contribution is -2.41. The van der Waals surface area contributed by atoms with Crippen molar-refractivity contribution in [2.45, 2.75) is 144 Å². The van der Waals surface area contributed by atoms with E-state index in [0.717, 1.165) is 27.2 Å². The zero-order valence-electron chi connectivity index (χ0n) is 56.6. The summed E-state index contributed by atoms with van der Waals surface area (Å²) >= 11 is 41.4. The topological polar surface area (TPSA) is 306 Å². The van der Waals surface area contributed by atoms with Crippen molar-refractivity contribution in [1.82, 2.24) is 0 Å². The van der Waals surface area contributed by atoms with Crippen molar-refractivity contribution in [2.24, 2.45) is 5.73 Å². The number of carbonyl (C=O) groups is 1. The number of phenols is 3. The number of anilines is 4. The Morgan fingerprint density at radius 2 is 0.842 bits per heavy atom. The van der Waals surface area contributed by atoms with Gasteiger partial charge in [0.05, 0.1) is 67.5 Å². The minimum Gasteiger partial charge on any atom is -0.506 e. The third-order valence-electron chi connectivity index (χ3n) is 15.4. The second-order valence-corrected chi connectivity index (χ2v) is 44.5. The third-order valence-corrected chi connectivity index (χ3v) is 32.2. The molecule has 95 heavy (non-hydrogen) atoms. The molecular formula is C66H98Br2Cl6N6O12Si3. The first-order chi connectivity index (χ1) is 43.0. The molecule has 0 aliphatic heterocycles. The van der Waals surface area contributed by atoms with Crippen LogP contribution < -0.4 is 42.9 Å². The van der Waals surface area contributed by atoms with E-state index in [4.69, 9.17) is 141 Å². The van der Waals surface area contributed by atoms with Gasteiger partial charge in [0.1, 0.15) is 54.3 Å². The summed E-state index contributed by atoms with van der Waals surface area (Å²) in [7, 11) is -5.21. The molecule has 0 atom stereocenters. The number of nitrogens with zero attached hydrogens (tertiary/aromatic N) is 1. The number of hydrogen-bond acceptors (Lipinski definition) is 17. The molecule has 0 radical (unpaired) electrons. The highest BCUT2D eigenvalue weighted by Gasteiger charge is 2.39. The molecule has 0 spiro atoms. The van der Waals surface area contributed by atoms with Crippen LogP contribution in [0, 0.1) is 24.0 Å². The predicted octanol–water partition coefficient (Wildman–Crippen LogP) is 20.4. The molecule has 6 aromatic carbocycles. The molecular weight excluding hydrogens is 1530 g/mol. The van der Waals surface area contributed by atoms with Crippen LogP contribution in [-0.4, -0.2) is 97.2 Å². The van der Waals surface area contributed by atoms with Crippen molar-refractivity contribution >= 4 is 161 Å². The number of nitro groups is 1. The van der Waals surface area contributed by atoms with E-state index in [1.165, 1.54) is 24.3 Å². The molecule has 0 unspecified atom stereocenters. The predicted molar refractivity (Wildman–Crippen MR) is 413 cm³/mol. The Balaban J connectivity index is 0.00000115. The lowest BCUT2D eigenvalue weighted by atomic mass is 10.0. The maximum atomic E-state index is 11.6. The number of aromatic hydroxyl groups is 3. The van der Waals surface area contributed by atoms with E-state index in [9.17, 15) is 14.9 Å². The highest BCUT2D eigenvalue weighted by molar-refractivity contribution is 9.11. The average molecular weight is 1620 g/mol. The largest absolute Gasteiger partial charge is 0.506 e. The van der Waals surface area contributed by atoms with Crippen LogP contribution in [0.15, 0.2) is 93.9 Å². The summed E-state index contributed by atoms with van der Waals surface area (Å²) in [6, 6.07) is 21.7. The van der Waals surface area contributed by atoms with Gasteiger partial charge in [0, 0.05) is 68.4 Å². The van der Waals surface area contributed by atoms with Crippen molar-refractivity contribution in [2.75, 3.05) is 69.1 Å². The Kier molecular flexibility index (Phi) is 38.7. The van der Waals surface area contributed by atoms with E-state index in [0.29, 0.717) is 116 Å². The Morgan fingerprint density at radius 1 is 0.495 bits per heavy atom. The monoisotopic (exact) mass is 1620 g/mol. The molecule has 13 N–H and O–H groups in total. The van der Waals surface area contributed by atoms with Crippen LogP contribution in [0.1, 0.15) is 86.4 Å². The van der Waals surface area contributed by atoms with Crippen molar-refractivity contribution in [3.05, 3.63) is 151 Å². The molecule has 6 aromatic rings. The van der Waals surface area contributed by atoms with E-state index >= 15 is 0 Å². The first kappa shape index (κ1) is 90.6. The first-order valence-electron chi connectivity index (χ1n) is 29.4. The summed E-state index contributed by atoms with van der Waals surface area (Å²) in [6.45, 7) is 40.2. The van der Waals surface area contributed by atoms with E-state index in [-0.39, 0.29) is 62.8 Å². The minimum absolute atomic E-state index is 0. The number of nitro benzene ring substituents is 1. The number of carbonyl (C=O) groups excluding carboxylic acids is 1. The molecule has 0 amide bonds. The van der Waals surface area contributed by atoms with Gasteiger partial charge in [0.25, 0.3) is 5.69 Å². The summed E-state index contributed by atoms with van der Waals surface area (Å²) in [5.74, 6) is 1.54. The highest BCUT2D eigenvalue weighted by Crippen LogP contribution is 2.40. The fraction of sp³-hybridized carbons (Fsp3) is 0.439. The number of ether oxygens (including phenoxy) is 3. The summed E-state index contributed by atoms with van der Waals surface area (Å²) in [5.41, 5.74) is 32.7.